The molecule has 102 valence electrons. The van der Waals surface area contributed by atoms with Gasteiger partial charge in [0.25, 0.3) is 0 Å². The van der Waals surface area contributed by atoms with E-state index in [9.17, 15) is 4.79 Å². The first-order valence-electron chi connectivity index (χ1n) is 6.45. The van der Waals surface area contributed by atoms with Crippen molar-refractivity contribution in [2.24, 2.45) is 10.8 Å². The molecule has 3 heteroatoms. The molecule has 0 bridgehead atoms. The van der Waals surface area contributed by atoms with Crippen molar-refractivity contribution >= 4 is 17.7 Å². The minimum Gasteiger partial charge on any atom is -0.356 e. The first-order valence-corrected chi connectivity index (χ1v) is 7.60. The van der Waals surface area contributed by atoms with Crippen molar-refractivity contribution in [2.75, 3.05) is 18.1 Å². The van der Waals surface area contributed by atoms with E-state index in [0.29, 0.717) is 11.8 Å². The summed E-state index contributed by atoms with van der Waals surface area (Å²) in [5.74, 6) is 2.27. The largest absolute Gasteiger partial charge is 0.356 e. The maximum Gasteiger partial charge on any atom is 0.220 e. The number of carbonyl (C=O) groups is 1. The molecular formula is C14H29NOS. The van der Waals surface area contributed by atoms with E-state index in [1.807, 2.05) is 11.8 Å². The Kier molecular flexibility index (Phi) is 7.22. The average molecular weight is 259 g/mol. The fourth-order valence-corrected chi connectivity index (χ4v) is 2.39. The number of hydrogen-bond donors (Lipinski definition) is 1. The third kappa shape index (κ3) is 13.8. The van der Waals surface area contributed by atoms with Crippen LogP contribution in [0.1, 0.15) is 54.4 Å². The first-order chi connectivity index (χ1) is 7.60. The Bertz CT molecular complexity index is 225. The van der Waals surface area contributed by atoms with Gasteiger partial charge in [0.05, 0.1) is 0 Å². The number of carbonyl (C=O) groups excluding carboxylic acids is 1. The van der Waals surface area contributed by atoms with Crippen LogP contribution in [-0.2, 0) is 4.79 Å². The van der Waals surface area contributed by atoms with Gasteiger partial charge in [-0.1, -0.05) is 41.5 Å². The second-order valence-corrected chi connectivity index (χ2v) is 8.24. The van der Waals surface area contributed by atoms with Gasteiger partial charge >= 0.3 is 0 Å². The van der Waals surface area contributed by atoms with E-state index in [2.05, 4.69) is 46.9 Å². The van der Waals surface area contributed by atoms with E-state index in [1.54, 1.807) is 0 Å². The Labute approximate surface area is 111 Å². The van der Waals surface area contributed by atoms with Gasteiger partial charge in [-0.15, -0.1) is 0 Å². The van der Waals surface area contributed by atoms with Crippen LogP contribution >= 0.6 is 11.8 Å². The molecule has 0 atom stereocenters. The first kappa shape index (κ1) is 16.8. The van der Waals surface area contributed by atoms with E-state index in [4.69, 9.17) is 0 Å². The number of nitrogens with one attached hydrogen (secondary N) is 1. The average Bonchev–Trinajstić information content (AvgIpc) is 2.11. The van der Waals surface area contributed by atoms with Crippen molar-refractivity contribution < 1.29 is 4.79 Å². The fourth-order valence-electron chi connectivity index (χ4n) is 1.10. The maximum absolute atomic E-state index is 11.5. The molecule has 0 heterocycles. The van der Waals surface area contributed by atoms with Gasteiger partial charge in [-0.3, -0.25) is 4.79 Å². The predicted molar refractivity (Wildman–Crippen MR) is 78.5 cm³/mol. The molecule has 0 saturated heterocycles. The lowest BCUT2D eigenvalue weighted by Crippen LogP contribution is -2.32. The van der Waals surface area contributed by atoms with E-state index < -0.39 is 0 Å². The van der Waals surface area contributed by atoms with Crippen molar-refractivity contribution in [3.63, 3.8) is 0 Å². The van der Waals surface area contributed by atoms with Gasteiger partial charge < -0.3 is 5.32 Å². The molecule has 0 fully saturated rings. The molecule has 0 aliphatic heterocycles. The lowest BCUT2D eigenvalue weighted by atomic mass is 9.94. The van der Waals surface area contributed by atoms with Gasteiger partial charge in [0.15, 0.2) is 0 Å². The molecule has 0 rings (SSSR count). The summed E-state index contributed by atoms with van der Waals surface area (Å²) in [7, 11) is 0. The highest BCUT2D eigenvalue weighted by atomic mass is 32.2. The number of hydrogen-bond acceptors (Lipinski definition) is 2. The second kappa shape index (κ2) is 7.30. The van der Waals surface area contributed by atoms with E-state index in [0.717, 1.165) is 18.1 Å². The molecule has 1 N–H and O–H groups in total. The Balaban J connectivity index is 3.47. The Morgan fingerprint density at radius 1 is 1.00 bits per heavy atom. The Morgan fingerprint density at radius 3 is 2.06 bits per heavy atom. The van der Waals surface area contributed by atoms with Crippen LogP contribution in [0.5, 0.6) is 0 Å². The molecule has 0 aromatic carbocycles. The van der Waals surface area contributed by atoms with Crippen LogP contribution in [0, 0.1) is 10.8 Å². The summed E-state index contributed by atoms with van der Waals surface area (Å²) in [6.07, 6.45) is 1.85. The molecule has 0 aliphatic carbocycles. The summed E-state index contributed by atoms with van der Waals surface area (Å²) in [5, 5.41) is 2.98. The molecule has 0 radical (unpaired) electrons. The molecule has 0 aromatic heterocycles. The van der Waals surface area contributed by atoms with Gasteiger partial charge in [0, 0.05) is 18.7 Å². The third-order valence-corrected chi connectivity index (χ3v) is 3.27. The molecular weight excluding hydrogens is 230 g/mol. The number of amides is 1. The monoisotopic (exact) mass is 259 g/mol. The summed E-state index contributed by atoms with van der Waals surface area (Å²) >= 11 is 1.88. The minimum atomic E-state index is 0.176. The quantitative estimate of drug-likeness (QED) is 0.737. The van der Waals surface area contributed by atoms with Crippen LogP contribution in [0.25, 0.3) is 0 Å². The SMILES string of the molecule is CC(C)(C)CCSCCC(=O)NCC(C)(C)C. The van der Waals surface area contributed by atoms with Gasteiger partial charge in [0.2, 0.25) is 5.91 Å². The molecule has 17 heavy (non-hydrogen) atoms. The molecule has 0 saturated carbocycles. The zero-order valence-corrected chi connectivity index (χ0v) is 13.2. The third-order valence-electron chi connectivity index (χ3n) is 2.29. The van der Waals surface area contributed by atoms with E-state index in [-0.39, 0.29) is 11.3 Å². The number of thioether (sulfide) groups is 1. The predicted octanol–water partition coefficient (Wildman–Crippen LogP) is 3.71. The molecule has 0 spiro atoms. The summed E-state index contributed by atoms with van der Waals surface area (Å²) < 4.78 is 0. The van der Waals surface area contributed by atoms with Crippen LogP contribution in [0.15, 0.2) is 0 Å². The van der Waals surface area contributed by atoms with Gasteiger partial charge in [0.1, 0.15) is 0 Å². The molecule has 0 unspecified atom stereocenters. The standard InChI is InChI=1S/C14H29NOS/c1-13(2,3)8-10-17-9-7-12(16)15-11-14(4,5)6/h7-11H2,1-6H3,(H,15,16). The maximum atomic E-state index is 11.5. The topological polar surface area (TPSA) is 29.1 Å². The van der Waals surface area contributed by atoms with Crippen LogP contribution in [0.4, 0.5) is 0 Å². The highest BCUT2D eigenvalue weighted by Gasteiger charge is 2.12. The highest BCUT2D eigenvalue weighted by Crippen LogP contribution is 2.21. The van der Waals surface area contributed by atoms with Crippen molar-refractivity contribution in [1.82, 2.24) is 5.32 Å². The van der Waals surface area contributed by atoms with Crippen LogP contribution in [-0.4, -0.2) is 24.0 Å². The zero-order valence-electron chi connectivity index (χ0n) is 12.4. The van der Waals surface area contributed by atoms with E-state index in [1.165, 1.54) is 6.42 Å². The lowest BCUT2D eigenvalue weighted by molar-refractivity contribution is -0.121. The van der Waals surface area contributed by atoms with Gasteiger partial charge in [-0.2, -0.15) is 11.8 Å². The molecule has 1 amide bonds. The Morgan fingerprint density at radius 2 is 1.59 bits per heavy atom. The Hall–Kier alpha value is -0.180. The summed E-state index contributed by atoms with van der Waals surface area (Å²) in [4.78, 5) is 11.5. The summed E-state index contributed by atoms with van der Waals surface area (Å²) in [6, 6.07) is 0. The molecule has 0 aromatic rings. The van der Waals surface area contributed by atoms with Crippen LogP contribution in [0.2, 0.25) is 0 Å². The molecule has 0 aliphatic rings. The van der Waals surface area contributed by atoms with Gasteiger partial charge in [-0.05, 0) is 23.0 Å². The van der Waals surface area contributed by atoms with Crippen LogP contribution < -0.4 is 5.32 Å². The van der Waals surface area contributed by atoms with Gasteiger partial charge in [-0.25, -0.2) is 0 Å². The minimum absolute atomic E-state index is 0.176. The molecule has 2 nitrogen and oxygen atoms in total. The van der Waals surface area contributed by atoms with Crippen molar-refractivity contribution in [3.8, 4) is 0 Å². The second-order valence-electron chi connectivity index (χ2n) is 7.01. The normalized spacial score (nSPS) is 12.6. The lowest BCUT2D eigenvalue weighted by Gasteiger charge is -2.19. The van der Waals surface area contributed by atoms with Crippen molar-refractivity contribution in [3.05, 3.63) is 0 Å². The smallest absolute Gasteiger partial charge is 0.220 e. The number of rotatable bonds is 6. The summed E-state index contributed by atoms with van der Waals surface area (Å²) in [5.41, 5.74) is 0.580. The zero-order chi connectivity index (χ0) is 13.5. The van der Waals surface area contributed by atoms with Crippen molar-refractivity contribution in [1.29, 1.82) is 0 Å². The van der Waals surface area contributed by atoms with Crippen LogP contribution in [0.3, 0.4) is 0 Å². The van der Waals surface area contributed by atoms with Crippen molar-refractivity contribution in [2.45, 2.75) is 54.4 Å². The highest BCUT2D eigenvalue weighted by molar-refractivity contribution is 7.99. The fraction of sp³-hybridized carbons (Fsp3) is 0.929. The summed E-state index contributed by atoms with van der Waals surface area (Å²) in [6.45, 7) is 13.9. The van der Waals surface area contributed by atoms with E-state index >= 15 is 0 Å².